The molecule has 0 saturated carbocycles. The first-order valence-corrected chi connectivity index (χ1v) is 15.0. The van der Waals surface area contributed by atoms with Crippen LogP contribution in [0.2, 0.25) is 0 Å². The zero-order valence-corrected chi connectivity index (χ0v) is 22.0. The van der Waals surface area contributed by atoms with Crippen LogP contribution in [-0.2, 0) is 34.7 Å². The number of hydrogen-bond donors (Lipinski definition) is 1. The molecule has 9 heteroatoms. The van der Waals surface area contributed by atoms with Crippen LogP contribution in [0.4, 0.5) is 5.69 Å². The summed E-state index contributed by atoms with van der Waals surface area (Å²) < 4.78 is 42.3. The molecule has 0 aliphatic heterocycles. The van der Waals surface area contributed by atoms with Crippen molar-refractivity contribution >= 4 is 32.6 Å². The van der Waals surface area contributed by atoms with Crippen LogP contribution < -0.4 is 10.1 Å². The number of amides is 1. The molecular weight excluding hydrogens is 474 g/mol. The molecule has 7 nitrogen and oxygen atoms in total. The van der Waals surface area contributed by atoms with Gasteiger partial charge in [-0.05, 0) is 60.6 Å². The predicted molar refractivity (Wildman–Crippen MR) is 138 cm³/mol. The van der Waals surface area contributed by atoms with Crippen molar-refractivity contribution in [1.82, 2.24) is 0 Å². The maximum absolute atomic E-state index is 12.7. The van der Waals surface area contributed by atoms with E-state index in [4.69, 9.17) is 13.7 Å². The van der Waals surface area contributed by atoms with Gasteiger partial charge < -0.3 is 14.8 Å². The number of carbonyl (C=O) groups is 1. The SMILES string of the molecule is CCCCOCC(COc1ccc(NC(=O)CC[S+](C)C)cc1)OS(=O)(=O)c1ccc(C)cc1. The van der Waals surface area contributed by atoms with Gasteiger partial charge in [0.25, 0.3) is 10.1 Å². The smallest absolute Gasteiger partial charge is 0.297 e. The van der Waals surface area contributed by atoms with Crippen LogP contribution in [0, 0.1) is 6.92 Å². The van der Waals surface area contributed by atoms with E-state index in [1.807, 2.05) is 6.92 Å². The zero-order valence-electron chi connectivity index (χ0n) is 20.4. The van der Waals surface area contributed by atoms with Crippen molar-refractivity contribution in [1.29, 1.82) is 0 Å². The van der Waals surface area contributed by atoms with Gasteiger partial charge in [-0.3, -0.25) is 8.98 Å². The molecule has 0 bridgehead atoms. The molecule has 0 fully saturated rings. The monoisotopic (exact) mass is 510 g/mol. The highest BCUT2D eigenvalue weighted by atomic mass is 32.2. The highest BCUT2D eigenvalue weighted by Crippen LogP contribution is 2.19. The number of benzene rings is 2. The first kappa shape index (κ1) is 28.2. The maximum Gasteiger partial charge on any atom is 0.297 e. The Morgan fingerprint density at radius 1 is 1.03 bits per heavy atom. The van der Waals surface area contributed by atoms with Crippen LogP contribution in [0.25, 0.3) is 0 Å². The normalized spacial score (nSPS) is 12.5. The molecule has 1 unspecified atom stereocenters. The van der Waals surface area contributed by atoms with Gasteiger partial charge in [0.2, 0.25) is 5.91 Å². The molecule has 2 rings (SSSR count). The van der Waals surface area contributed by atoms with Crippen molar-refractivity contribution in [2.45, 2.75) is 44.1 Å². The van der Waals surface area contributed by atoms with Crippen molar-refractivity contribution < 1.29 is 26.9 Å². The van der Waals surface area contributed by atoms with Gasteiger partial charge in [0, 0.05) is 12.3 Å². The maximum atomic E-state index is 12.7. The van der Waals surface area contributed by atoms with Crippen molar-refractivity contribution in [3.05, 3.63) is 54.1 Å². The van der Waals surface area contributed by atoms with Gasteiger partial charge in [0.1, 0.15) is 24.2 Å². The fourth-order valence-electron chi connectivity index (χ4n) is 2.85. The Bertz CT molecular complexity index is 975. The minimum atomic E-state index is -3.96. The number of unbranched alkanes of at least 4 members (excludes halogenated alkanes) is 1. The van der Waals surface area contributed by atoms with Crippen LogP contribution in [0.1, 0.15) is 31.7 Å². The summed E-state index contributed by atoms with van der Waals surface area (Å²) in [6, 6.07) is 13.5. The largest absolute Gasteiger partial charge is 0.491 e. The third kappa shape index (κ3) is 10.5. The highest BCUT2D eigenvalue weighted by Gasteiger charge is 2.23. The summed E-state index contributed by atoms with van der Waals surface area (Å²) in [5, 5.41) is 2.87. The van der Waals surface area contributed by atoms with E-state index in [0.717, 1.165) is 24.2 Å². The lowest BCUT2D eigenvalue weighted by Crippen LogP contribution is -2.30. The molecule has 0 spiro atoms. The van der Waals surface area contributed by atoms with Gasteiger partial charge in [0.05, 0.1) is 30.4 Å². The second-order valence-corrected chi connectivity index (χ2v) is 12.2. The van der Waals surface area contributed by atoms with E-state index in [9.17, 15) is 13.2 Å². The molecule has 0 radical (unpaired) electrons. The average molecular weight is 511 g/mol. The van der Waals surface area contributed by atoms with E-state index >= 15 is 0 Å². The summed E-state index contributed by atoms with van der Waals surface area (Å²) in [6.07, 6.45) is 5.75. The van der Waals surface area contributed by atoms with Gasteiger partial charge >= 0.3 is 0 Å². The Kier molecular flexibility index (Phi) is 11.9. The minimum absolute atomic E-state index is 0.00175. The molecule has 1 amide bonds. The van der Waals surface area contributed by atoms with Gasteiger partial charge in [-0.25, -0.2) is 0 Å². The Labute approximate surface area is 206 Å². The van der Waals surface area contributed by atoms with Crippen LogP contribution in [-0.4, -0.2) is 58.5 Å². The van der Waals surface area contributed by atoms with Crippen molar-refractivity contribution in [3.63, 3.8) is 0 Å². The Morgan fingerprint density at radius 2 is 1.71 bits per heavy atom. The number of anilines is 1. The Morgan fingerprint density at radius 3 is 2.32 bits per heavy atom. The van der Waals surface area contributed by atoms with E-state index < -0.39 is 16.2 Å². The number of aryl methyl sites for hydroxylation is 1. The van der Waals surface area contributed by atoms with E-state index in [1.54, 1.807) is 36.4 Å². The molecule has 2 aromatic rings. The van der Waals surface area contributed by atoms with Crippen molar-refractivity contribution in [2.75, 3.05) is 43.4 Å². The van der Waals surface area contributed by atoms with Gasteiger partial charge in [0.15, 0.2) is 0 Å². The van der Waals surface area contributed by atoms with Gasteiger partial charge in [-0.15, -0.1) is 0 Å². The molecule has 0 aromatic heterocycles. The van der Waals surface area contributed by atoms with Crippen LogP contribution in [0.15, 0.2) is 53.4 Å². The standard InChI is InChI=1S/C25H35NO6S2/c1-5-6-16-30-18-23(32-34(28,29)24-13-7-20(2)8-14-24)19-31-22-11-9-21(10-12-22)26-25(27)15-17-33(3)4/h7-14,23H,5-6,15-19H2,1-4H3/p+1. The summed E-state index contributed by atoms with van der Waals surface area (Å²) in [5.41, 5.74) is 1.64. The van der Waals surface area contributed by atoms with Gasteiger partial charge in [-0.1, -0.05) is 31.0 Å². The highest BCUT2D eigenvalue weighted by molar-refractivity contribution is 7.95. The second-order valence-electron chi connectivity index (χ2n) is 8.24. The van der Waals surface area contributed by atoms with Crippen LogP contribution in [0.3, 0.4) is 0 Å². The summed E-state index contributed by atoms with van der Waals surface area (Å²) >= 11 is 0. The van der Waals surface area contributed by atoms with Crippen molar-refractivity contribution in [2.24, 2.45) is 0 Å². The molecule has 34 heavy (non-hydrogen) atoms. The Balaban J connectivity index is 1.97. The summed E-state index contributed by atoms with van der Waals surface area (Å²) in [5.74, 6) is 1.38. The van der Waals surface area contributed by atoms with Crippen LogP contribution in [0.5, 0.6) is 5.75 Å². The molecule has 0 saturated heterocycles. The first-order valence-electron chi connectivity index (χ1n) is 11.3. The van der Waals surface area contributed by atoms with E-state index in [1.165, 1.54) is 12.1 Å². The lowest BCUT2D eigenvalue weighted by Gasteiger charge is -2.19. The fourth-order valence-corrected chi connectivity index (χ4v) is 4.49. The lowest BCUT2D eigenvalue weighted by atomic mass is 10.2. The summed E-state index contributed by atoms with van der Waals surface area (Å²) in [7, 11) is -3.74. The van der Waals surface area contributed by atoms with E-state index in [-0.39, 0.29) is 34.9 Å². The molecule has 188 valence electrons. The number of nitrogens with one attached hydrogen (secondary N) is 1. The zero-order chi connectivity index (χ0) is 25.0. The first-order chi connectivity index (χ1) is 16.2. The van der Waals surface area contributed by atoms with E-state index in [0.29, 0.717) is 24.5 Å². The summed E-state index contributed by atoms with van der Waals surface area (Å²) in [4.78, 5) is 12.1. The molecule has 1 N–H and O–H groups in total. The topological polar surface area (TPSA) is 90.9 Å². The molecule has 0 heterocycles. The molecule has 2 aromatic carbocycles. The number of carbonyl (C=O) groups excluding carboxylic acids is 1. The fraction of sp³-hybridized carbons (Fsp3) is 0.480. The van der Waals surface area contributed by atoms with Crippen molar-refractivity contribution in [3.8, 4) is 5.75 Å². The Hall–Kier alpha value is -2.07. The number of ether oxygens (including phenoxy) is 2. The van der Waals surface area contributed by atoms with E-state index in [2.05, 4.69) is 24.8 Å². The molecule has 0 aliphatic rings. The lowest BCUT2D eigenvalue weighted by molar-refractivity contribution is -0.115. The minimum Gasteiger partial charge on any atom is -0.491 e. The second kappa shape index (κ2) is 14.4. The molecular formula is C25H36NO6S2+. The number of hydrogen-bond acceptors (Lipinski definition) is 6. The van der Waals surface area contributed by atoms with Gasteiger partial charge in [-0.2, -0.15) is 8.42 Å². The predicted octanol–water partition coefficient (Wildman–Crippen LogP) is 4.17. The third-order valence-corrected chi connectivity index (χ3v) is 7.23. The third-order valence-electron chi connectivity index (χ3n) is 4.83. The van der Waals surface area contributed by atoms with Crippen LogP contribution >= 0.6 is 0 Å². The molecule has 0 aliphatic carbocycles. The quantitative estimate of drug-likeness (QED) is 0.220. The summed E-state index contributed by atoms with van der Waals surface area (Å²) in [6.45, 7) is 4.55. The average Bonchev–Trinajstić information content (AvgIpc) is 2.80. The number of rotatable bonds is 15. The molecule has 1 atom stereocenters.